The summed E-state index contributed by atoms with van der Waals surface area (Å²) in [6, 6.07) is 11.9. The molecular formula is C16H16Cl2N2O3. The standard InChI is InChI=1S/C16H16Cl2N2O3/c17-14-6-12(7-15(18)20-14)9-23-16(21)13(19)10-22-8-11-4-2-1-3-5-11/h1-7,13H,8-10,19H2/t13-/m0/s1. The van der Waals surface area contributed by atoms with Crippen molar-refractivity contribution in [3.63, 3.8) is 0 Å². The van der Waals surface area contributed by atoms with E-state index in [1.165, 1.54) is 0 Å². The number of hydrogen-bond acceptors (Lipinski definition) is 5. The van der Waals surface area contributed by atoms with E-state index in [2.05, 4.69) is 4.98 Å². The summed E-state index contributed by atoms with van der Waals surface area (Å²) in [5.41, 5.74) is 7.39. The number of carbonyl (C=O) groups excluding carboxylic acids is 1. The maximum absolute atomic E-state index is 11.8. The summed E-state index contributed by atoms with van der Waals surface area (Å²) in [5, 5.41) is 0.470. The van der Waals surface area contributed by atoms with E-state index in [-0.39, 0.29) is 23.5 Å². The van der Waals surface area contributed by atoms with Gasteiger partial charge >= 0.3 is 5.97 Å². The Morgan fingerprint density at radius 1 is 1.09 bits per heavy atom. The lowest BCUT2D eigenvalue weighted by Crippen LogP contribution is -2.36. The minimum atomic E-state index is -0.855. The SMILES string of the molecule is N[C@@H](COCc1ccccc1)C(=O)OCc1cc(Cl)nc(Cl)c1. The highest BCUT2D eigenvalue weighted by Gasteiger charge is 2.15. The normalized spacial score (nSPS) is 12.0. The topological polar surface area (TPSA) is 74.4 Å². The maximum atomic E-state index is 11.8. The first kappa shape index (κ1) is 17.7. The lowest BCUT2D eigenvalue weighted by molar-refractivity contribution is -0.148. The second kappa shape index (κ2) is 8.84. The van der Waals surface area contributed by atoms with Crippen molar-refractivity contribution in [2.45, 2.75) is 19.3 Å². The van der Waals surface area contributed by atoms with Crippen LogP contribution in [-0.2, 0) is 27.5 Å². The van der Waals surface area contributed by atoms with Crippen molar-refractivity contribution in [2.24, 2.45) is 5.73 Å². The van der Waals surface area contributed by atoms with Crippen LogP contribution in [0.1, 0.15) is 11.1 Å². The third-order valence-electron chi connectivity index (χ3n) is 2.92. The Morgan fingerprint density at radius 3 is 2.39 bits per heavy atom. The second-order valence-corrected chi connectivity index (χ2v) is 5.61. The molecule has 2 rings (SSSR count). The smallest absolute Gasteiger partial charge is 0.325 e. The van der Waals surface area contributed by atoms with Crippen molar-refractivity contribution >= 4 is 29.2 Å². The third-order valence-corrected chi connectivity index (χ3v) is 3.30. The van der Waals surface area contributed by atoms with E-state index in [1.807, 2.05) is 30.3 Å². The molecule has 0 spiro atoms. The largest absolute Gasteiger partial charge is 0.460 e. The fourth-order valence-electron chi connectivity index (χ4n) is 1.81. The molecule has 0 saturated heterocycles. The molecule has 0 unspecified atom stereocenters. The van der Waals surface area contributed by atoms with Crippen LogP contribution >= 0.6 is 23.2 Å². The molecule has 1 heterocycles. The number of benzene rings is 1. The highest BCUT2D eigenvalue weighted by Crippen LogP contribution is 2.15. The minimum Gasteiger partial charge on any atom is -0.460 e. The molecule has 1 aromatic heterocycles. The van der Waals surface area contributed by atoms with Crippen LogP contribution in [0.5, 0.6) is 0 Å². The summed E-state index contributed by atoms with van der Waals surface area (Å²) in [4.78, 5) is 15.6. The van der Waals surface area contributed by atoms with E-state index < -0.39 is 12.0 Å². The van der Waals surface area contributed by atoms with Gasteiger partial charge in [0, 0.05) is 0 Å². The molecule has 0 radical (unpaired) electrons. The van der Waals surface area contributed by atoms with Crippen molar-refractivity contribution < 1.29 is 14.3 Å². The summed E-state index contributed by atoms with van der Waals surface area (Å²) < 4.78 is 10.5. The molecule has 0 amide bonds. The van der Waals surface area contributed by atoms with Gasteiger partial charge in [0.05, 0.1) is 13.2 Å². The van der Waals surface area contributed by atoms with Crippen LogP contribution < -0.4 is 5.73 Å². The number of nitrogens with two attached hydrogens (primary N) is 1. The van der Waals surface area contributed by atoms with Gasteiger partial charge in [-0.1, -0.05) is 53.5 Å². The highest BCUT2D eigenvalue weighted by molar-refractivity contribution is 6.32. The predicted octanol–water partition coefficient (Wildman–Crippen LogP) is 2.98. The molecule has 0 saturated carbocycles. The summed E-state index contributed by atoms with van der Waals surface area (Å²) >= 11 is 11.5. The Bertz CT molecular complexity index is 633. The summed E-state index contributed by atoms with van der Waals surface area (Å²) in [6.07, 6.45) is 0. The molecule has 23 heavy (non-hydrogen) atoms. The van der Waals surface area contributed by atoms with Crippen LogP contribution in [0, 0.1) is 0 Å². The van der Waals surface area contributed by atoms with Gasteiger partial charge in [-0.15, -0.1) is 0 Å². The Balaban J connectivity index is 1.74. The van der Waals surface area contributed by atoms with Crippen molar-refractivity contribution in [2.75, 3.05) is 6.61 Å². The molecular weight excluding hydrogens is 339 g/mol. The zero-order valence-corrected chi connectivity index (χ0v) is 13.8. The van der Waals surface area contributed by atoms with E-state index in [0.717, 1.165) is 5.56 Å². The Morgan fingerprint density at radius 2 is 1.74 bits per heavy atom. The minimum absolute atomic E-state index is 0.0210. The summed E-state index contributed by atoms with van der Waals surface area (Å²) in [5.74, 6) is -0.554. The Labute approximate surface area is 144 Å². The van der Waals surface area contributed by atoms with Crippen molar-refractivity contribution in [3.8, 4) is 0 Å². The first-order valence-electron chi connectivity index (χ1n) is 6.90. The Kier molecular flexibility index (Phi) is 6.80. The van der Waals surface area contributed by atoms with E-state index in [9.17, 15) is 4.79 Å². The number of hydrogen-bond donors (Lipinski definition) is 1. The first-order chi connectivity index (χ1) is 11.0. The molecule has 5 nitrogen and oxygen atoms in total. The zero-order chi connectivity index (χ0) is 16.7. The van der Waals surface area contributed by atoms with E-state index in [0.29, 0.717) is 12.2 Å². The van der Waals surface area contributed by atoms with Gasteiger partial charge in [0.2, 0.25) is 0 Å². The van der Waals surface area contributed by atoms with Crippen LogP contribution in [-0.4, -0.2) is 23.6 Å². The quantitative estimate of drug-likeness (QED) is 0.611. The number of pyridine rings is 1. The first-order valence-corrected chi connectivity index (χ1v) is 7.66. The molecule has 7 heteroatoms. The molecule has 0 bridgehead atoms. The van der Waals surface area contributed by atoms with Crippen molar-refractivity contribution in [3.05, 3.63) is 63.9 Å². The number of aromatic nitrogens is 1. The predicted molar refractivity (Wildman–Crippen MR) is 88.1 cm³/mol. The van der Waals surface area contributed by atoms with Crippen LogP contribution in [0.25, 0.3) is 0 Å². The van der Waals surface area contributed by atoms with Gasteiger partial charge in [-0.25, -0.2) is 4.98 Å². The average Bonchev–Trinajstić information content (AvgIpc) is 2.52. The van der Waals surface area contributed by atoms with Gasteiger partial charge in [0.25, 0.3) is 0 Å². The number of rotatable bonds is 7. The second-order valence-electron chi connectivity index (χ2n) is 4.84. The van der Waals surface area contributed by atoms with Gasteiger partial charge in [-0.2, -0.15) is 0 Å². The van der Waals surface area contributed by atoms with Crippen molar-refractivity contribution in [1.29, 1.82) is 0 Å². The molecule has 0 fully saturated rings. The molecule has 2 aromatic rings. The fourth-order valence-corrected chi connectivity index (χ4v) is 2.31. The maximum Gasteiger partial charge on any atom is 0.325 e. The molecule has 0 aliphatic rings. The molecule has 1 atom stereocenters. The Hall–Kier alpha value is -1.66. The highest BCUT2D eigenvalue weighted by atomic mass is 35.5. The molecule has 0 aliphatic heterocycles. The van der Waals surface area contributed by atoms with Gasteiger partial charge in [0.1, 0.15) is 23.0 Å². The van der Waals surface area contributed by atoms with Crippen molar-refractivity contribution in [1.82, 2.24) is 4.98 Å². The lowest BCUT2D eigenvalue weighted by Gasteiger charge is -2.12. The van der Waals surface area contributed by atoms with Crippen LogP contribution in [0.3, 0.4) is 0 Å². The van der Waals surface area contributed by atoms with Gasteiger partial charge in [0.15, 0.2) is 0 Å². The van der Waals surface area contributed by atoms with E-state index in [4.69, 9.17) is 38.4 Å². The van der Waals surface area contributed by atoms with E-state index >= 15 is 0 Å². The number of carbonyl (C=O) groups is 1. The average molecular weight is 355 g/mol. The monoisotopic (exact) mass is 354 g/mol. The molecule has 2 N–H and O–H groups in total. The number of halogens is 2. The molecule has 1 aromatic carbocycles. The van der Waals surface area contributed by atoms with Crippen LogP contribution in [0.15, 0.2) is 42.5 Å². The third kappa shape index (κ3) is 6.15. The van der Waals surface area contributed by atoms with Gasteiger partial charge in [-0.05, 0) is 23.3 Å². The molecule has 122 valence electrons. The van der Waals surface area contributed by atoms with Crippen LogP contribution in [0.4, 0.5) is 0 Å². The summed E-state index contributed by atoms with van der Waals surface area (Å²) in [6.45, 7) is 0.482. The van der Waals surface area contributed by atoms with Gasteiger partial charge < -0.3 is 15.2 Å². The zero-order valence-electron chi connectivity index (χ0n) is 12.2. The van der Waals surface area contributed by atoms with Crippen LogP contribution in [0.2, 0.25) is 10.3 Å². The van der Waals surface area contributed by atoms with Gasteiger partial charge in [-0.3, -0.25) is 4.79 Å². The number of esters is 1. The number of ether oxygens (including phenoxy) is 2. The molecule has 0 aliphatic carbocycles. The lowest BCUT2D eigenvalue weighted by atomic mass is 10.2. The fraction of sp³-hybridized carbons (Fsp3) is 0.250. The van der Waals surface area contributed by atoms with E-state index in [1.54, 1.807) is 12.1 Å². The summed E-state index contributed by atoms with van der Waals surface area (Å²) in [7, 11) is 0. The number of nitrogens with zero attached hydrogens (tertiary/aromatic N) is 1.